The zero-order valence-electron chi connectivity index (χ0n) is 14.8. The highest BCUT2D eigenvalue weighted by molar-refractivity contribution is 5.81. The highest BCUT2D eigenvalue weighted by Gasteiger charge is 2.26. The average molecular weight is 352 g/mol. The molecule has 1 atom stereocenters. The highest BCUT2D eigenvalue weighted by Crippen LogP contribution is 2.30. The molecule has 5 nitrogen and oxygen atoms in total. The number of fused-ring (bicyclic) bond motifs is 1. The third-order valence-corrected chi connectivity index (χ3v) is 4.93. The van der Waals surface area contributed by atoms with Crippen LogP contribution in [-0.4, -0.2) is 31.7 Å². The Kier molecular flexibility index (Phi) is 4.95. The van der Waals surface area contributed by atoms with Gasteiger partial charge in [-0.1, -0.05) is 24.3 Å². The molecule has 1 fully saturated rings. The van der Waals surface area contributed by atoms with E-state index in [0.717, 1.165) is 18.7 Å². The van der Waals surface area contributed by atoms with Crippen LogP contribution in [0.2, 0.25) is 0 Å². The summed E-state index contributed by atoms with van der Waals surface area (Å²) < 4.78 is 11.3. The lowest BCUT2D eigenvalue weighted by Gasteiger charge is -2.29. The SMILES string of the molecule is O=C(NCc1ccc(N2CCCCC2)cc1)[C@@H]1COc2ccccc2O1. The number of carbonyl (C=O) groups is 1. The Labute approximate surface area is 153 Å². The molecule has 5 heteroatoms. The van der Waals surface area contributed by atoms with E-state index in [1.807, 2.05) is 24.3 Å². The highest BCUT2D eigenvalue weighted by atomic mass is 16.6. The fraction of sp³-hybridized carbons (Fsp3) is 0.381. The van der Waals surface area contributed by atoms with Gasteiger partial charge in [-0.2, -0.15) is 0 Å². The number of ether oxygens (including phenoxy) is 2. The van der Waals surface area contributed by atoms with Crippen LogP contribution in [-0.2, 0) is 11.3 Å². The molecule has 0 aliphatic carbocycles. The third kappa shape index (κ3) is 3.77. The van der Waals surface area contributed by atoms with Gasteiger partial charge in [-0.15, -0.1) is 0 Å². The van der Waals surface area contributed by atoms with Crippen LogP contribution in [0.3, 0.4) is 0 Å². The van der Waals surface area contributed by atoms with Gasteiger partial charge in [0.15, 0.2) is 11.5 Å². The summed E-state index contributed by atoms with van der Waals surface area (Å²) in [6.45, 7) is 2.99. The molecule has 0 radical (unpaired) electrons. The second kappa shape index (κ2) is 7.68. The quantitative estimate of drug-likeness (QED) is 0.918. The molecule has 2 aliphatic rings. The van der Waals surface area contributed by atoms with Gasteiger partial charge in [0.05, 0.1) is 0 Å². The van der Waals surface area contributed by atoms with Gasteiger partial charge in [0, 0.05) is 25.3 Å². The molecule has 0 bridgehead atoms. The summed E-state index contributed by atoms with van der Waals surface area (Å²) in [4.78, 5) is 14.8. The van der Waals surface area contributed by atoms with Crippen molar-refractivity contribution < 1.29 is 14.3 Å². The molecule has 2 aliphatic heterocycles. The van der Waals surface area contributed by atoms with E-state index in [4.69, 9.17) is 9.47 Å². The van der Waals surface area contributed by atoms with Gasteiger partial charge in [0.25, 0.3) is 5.91 Å². The summed E-state index contributed by atoms with van der Waals surface area (Å²) in [5.74, 6) is 1.15. The van der Waals surface area contributed by atoms with Crippen LogP contribution in [0.4, 0.5) is 5.69 Å². The smallest absolute Gasteiger partial charge is 0.264 e. The summed E-state index contributed by atoms with van der Waals surface area (Å²) in [6, 6.07) is 15.9. The molecule has 2 aromatic rings. The molecule has 0 aromatic heterocycles. The number of rotatable bonds is 4. The summed E-state index contributed by atoms with van der Waals surface area (Å²) >= 11 is 0. The first-order valence-corrected chi connectivity index (χ1v) is 9.30. The van der Waals surface area contributed by atoms with Crippen LogP contribution in [0, 0.1) is 0 Å². The molecule has 1 amide bonds. The predicted octanol–water partition coefficient (Wildman–Crippen LogP) is 3.13. The molecule has 2 heterocycles. The molecule has 1 saturated heterocycles. The van der Waals surface area contributed by atoms with Crippen molar-refractivity contribution in [3.8, 4) is 11.5 Å². The monoisotopic (exact) mass is 352 g/mol. The molecule has 2 aromatic carbocycles. The number of carbonyl (C=O) groups excluding carboxylic acids is 1. The van der Waals surface area contributed by atoms with Crippen molar-refractivity contribution in [2.75, 3.05) is 24.6 Å². The molecular formula is C21H24N2O3. The summed E-state index contributed by atoms with van der Waals surface area (Å²) in [5, 5.41) is 2.94. The number of amides is 1. The minimum absolute atomic E-state index is 0.153. The summed E-state index contributed by atoms with van der Waals surface area (Å²) in [6.07, 6.45) is 3.25. The summed E-state index contributed by atoms with van der Waals surface area (Å²) in [5.41, 5.74) is 2.34. The number of hydrogen-bond donors (Lipinski definition) is 1. The van der Waals surface area contributed by atoms with Crippen LogP contribution in [0.1, 0.15) is 24.8 Å². The minimum atomic E-state index is -0.613. The van der Waals surface area contributed by atoms with Gasteiger partial charge in [0.2, 0.25) is 6.10 Å². The number of hydrogen-bond acceptors (Lipinski definition) is 4. The standard InChI is InChI=1S/C21H24N2O3/c24-21(20-15-25-18-6-2-3-7-19(18)26-20)22-14-16-8-10-17(11-9-16)23-12-4-1-5-13-23/h2-3,6-11,20H,1,4-5,12-15H2,(H,22,24)/t20-/m0/s1. The number of benzene rings is 2. The number of nitrogens with zero attached hydrogens (tertiary/aromatic N) is 1. The van der Waals surface area contributed by atoms with Crippen LogP contribution in [0.15, 0.2) is 48.5 Å². The molecule has 26 heavy (non-hydrogen) atoms. The molecule has 136 valence electrons. The number of nitrogens with one attached hydrogen (secondary N) is 1. The summed E-state index contributed by atoms with van der Waals surface area (Å²) in [7, 11) is 0. The van der Waals surface area contributed by atoms with Crippen LogP contribution < -0.4 is 19.7 Å². The maximum Gasteiger partial charge on any atom is 0.264 e. The first-order chi connectivity index (χ1) is 12.8. The van der Waals surface area contributed by atoms with E-state index in [1.54, 1.807) is 0 Å². The van der Waals surface area contributed by atoms with Gasteiger partial charge in [-0.25, -0.2) is 0 Å². The first kappa shape index (κ1) is 16.8. The lowest BCUT2D eigenvalue weighted by molar-refractivity contribution is -0.130. The second-order valence-electron chi connectivity index (χ2n) is 6.80. The zero-order chi connectivity index (χ0) is 17.8. The number of para-hydroxylation sites is 2. The van der Waals surface area contributed by atoms with Gasteiger partial charge in [-0.3, -0.25) is 4.79 Å². The molecule has 0 unspecified atom stereocenters. The Morgan fingerprint density at radius 3 is 2.50 bits per heavy atom. The van der Waals surface area contributed by atoms with Crippen molar-refractivity contribution >= 4 is 11.6 Å². The van der Waals surface area contributed by atoms with Crippen LogP contribution >= 0.6 is 0 Å². The lowest BCUT2D eigenvalue weighted by Crippen LogP contribution is -2.43. The van der Waals surface area contributed by atoms with E-state index in [2.05, 4.69) is 34.5 Å². The average Bonchev–Trinajstić information content (AvgIpc) is 2.72. The Morgan fingerprint density at radius 2 is 1.73 bits per heavy atom. The topological polar surface area (TPSA) is 50.8 Å². The van der Waals surface area contributed by atoms with Crippen LogP contribution in [0.25, 0.3) is 0 Å². The van der Waals surface area contributed by atoms with E-state index in [1.165, 1.54) is 24.9 Å². The molecule has 0 saturated carbocycles. The molecule has 1 N–H and O–H groups in total. The largest absolute Gasteiger partial charge is 0.485 e. The van der Waals surface area contributed by atoms with E-state index in [9.17, 15) is 4.79 Å². The van der Waals surface area contributed by atoms with Crippen molar-refractivity contribution in [2.45, 2.75) is 31.9 Å². The Balaban J connectivity index is 1.30. The van der Waals surface area contributed by atoms with Gasteiger partial charge in [0.1, 0.15) is 6.61 Å². The maximum absolute atomic E-state index is 12.4. The normalized spacial score (nSPS) is 19.1. The fourth-order valence-electron chi connectivity index (χ4n) is 3.43. The van der Waals surface area contributed by atoms with E-state index < -0.39 is 6.10 Å². The van der Waals surface area contributed by atoms with E-state index in [-0.39, 0.29) is 12.5 Å². The molecule has 0 spiro atoms. The number of anilines is 1. The first-order valence-electron chi connectivity index (χ1n) is 9.30. The fourth-order valence-corrected chi connectivity index (χ4v) is 3.43. The molecule has 4 rings (SSSR count). The molecular weight excluding hydrogens is 328 g/mol. The maximum atomic E-state index is 12.4. The Bertz CT molecular complexity index is 754. The van der Waals surface area contributed by atoms with Crippen molar-refractivity contribution in [1.82, 2.24) is 5.32 Å². The Hall–Kier alpha value is -2.69. The van der Waals surface area contributed by atoms with Crippen LogP contribution in [0.5, 0.6) is 11.5 Å². The van der Waals surface area contributed by atoms with Crippen molar-refractivity contribution in [3.05, 3.63) is 54.1 Å². The minimum Gasteiger partial charge on any atom is -0.485 e. The Morgan fingerprint density at radius 1 is 1.00 bits per heavy atom. The van der Waals surface area contributed by atoms with E-state index >= 15 is 0 Å². The zero-order valence-corrected chi connectivity index (χ0v) is 14.8. The van der Waals surface area contributed by atoms with Crippen molar-refractivity contribution in [2.24, 2.45) is 0 Å². The van der Waals surface area contributed by atoms with Crippen molar-refractivity contribution in [1.29, 1.82) is 0 Å². The van der Waals surface area contributed by atoms with Gasteiger partial charge in [-0.05, 0) is 49.1 Å². The van der Waals surface area contributed by atoms with Gasteiger partial charge >= 0.3 is 0 Å². The van der Waals surface area contributed by atoms with Gasteiger partial charge < -0.3 is 19.7 Å². The third-order valence-electron chi connectivity index (χ3n) is 4.93. The van der Waals surface area contributed by atoms with Crippen molar-refractivity contribution in [3.63, 3.8) is 0 Å². The lowest BCUT2D eigenvalue weighted by atomic mass is 10.1. The number of piperidine rings is 1. The predicted molar refractivity (Wildman–Crippen MR) is 101 cm³/mol. The van der Waals surface area contributed by atoms with E-state index in [0.29, 0.717) is 18.0 Å². The second-order valence-corrected chi connectivity index (χ2v) is 6.80.